The number of carbonyl (C=O) groups is 2. The van der Waals surface area contributed by atoms with Gasteiger partial charge in [0.25, 0.3) is 11.8 Å². The van der Waals surface area contributed by atoms with Crippen LogP contribution in [-0.4, -0.2) is 80.5 Å². The molecule has 2 saturated heterocycles. The van der Waals surface area contributed by atoms with E-state index in [1.807, 2.05) is 9.80 Å². The van der Waals surface area contributed by atoms with E-state index in [4.69, 9.17) is 4.42 Å². The third kappa shape index (κ3) is 4.36. The Morgan fingerprint density at radius 3 is 2.33 bits per heavy atom. The highest BCUT2D eigenvalue weighted by Gasteiger charge is 2.29. The normalized spacial score (nSPS) is 18.0. The molecule has 160 valence electrons. The van der Waals surface area contributed by atoms with Gasteiger partial charge in [-0.25, -0.2) is 0 Å². The van der Waals surface area contributed by atoms with Gasteiger partial charge in [-0.05, 0) is 43.2 Å². The molecule has 2 fully saturated rings. The molecule has 0 spiro atoms. The molecule has 7 heteroatoms. The van der Waals surface area contributed by atoms with Crippen LogP contribution < -0.4 is 9.80 Å². The number of anilines is 1. The van der Waals surface area contributed by atoms with Gasteiger partial charge < -0.3 is 24.0 Å². The lowest BCUT2D eigenvalue weighted by molar-refractivity contribution is -0.896. The molecule has 2 aliphatic rings. The number of carbonyl (C=O) groups excluding carboxylic acids is 2. The first-order chi connectivity index (χ1) is 14.5. The summed E-state index contributed by atoms with van der Waals surface area (Å²) in [5.41, 5.74) is 3.91. The number of quaternary nitrogens is 1. The maximum Gasteiger partial charge on any atom is 0.289 e. The SMILES string of the molecule is Cc1cccc(N2CCN(C(=O)C[NH+]3CCN(C(=O)c4ccco4)CC3)CC2)c1C. The molecule has 2 aliphatic heterocycles. The van der Waals surface area contributed by atoms with Gasteiger partial charge in [-0.3, -0.25) is 9.59 Å². The summed E-state index contributed by atoms with van der Waals surface area (Å²) >= 11 is 0. The number of benzene rings is 1. The molecule has 2 amide bonds. The summed E-state index contributed by atoms with van der Waals surface area (Å²) in [5, 5.41) is 0. The molecular weight excluding hydrogens is 380 g/mol. The molecule has 30 heavy (non-hydrogen) atoms. The van der Waals surface area contributed by atoms with Crippen molar-refractivity contribution in [3.05, 3.63) is 53.5 Å². The molecule has 0 aliphatic carbocycles. The van der Waals surface area contributed by atoms with Crippen molar-refractivity contribution >= 4 is 17.5 Å². The minimum atomic E-state index is -0.0621. The third-order valence-corrected chi connectivity index (χ3v) is 6.44. The second-order valence-electron chi connectivity index (χ2n) is 8.28. The van der Waals surface area contributed by atoms with Gasteiger partial charge in [0.2, 0.25) is 0 Å². The predicted octanol–water partition coefficient (Wildman–Crippen LogP) is 0.586. The first-order valence-electron chi connectivity index (χ1n) is 10.8. The fourth-order valence-corrected chi connectivity index (χ4v) is 4.36. The summed E-state index contributed by atoms with van der Waals surface area (Å²) in [6, 6.07) is 9.85. The fourth-order valence-electron chi connectivity index (χ4n) is 4.36. The number of aryl methyl sites for hydroxylation is 1. The zero-order valence-electron chi connectivity index (χ0n) is 17.9. The largest absolute Gasteiger partial charge is 0.459 e. The van der Waals surface area contributed by atoms with Gasteiger partial charge in [0.05, 0.1) is 32.4 Å². The molecule has 0 saturated carbocycles. The molecule has 1 aromatic heterocycles. The van der Waals surface area contributed by atoms with E-state index in [1.165, 1.54) is 28.0 Å². The number of amides is 2. The maximum absolute atomic E-state index is 12.8. The highest BCUT2D eigenvalue weighted by atomic mass is 16.3. The van der Waals surface area contributed by atoms with Crippen molar-refractivity contribution in [1.29, 1.82) is 0 Å². The molecule has 1 N–H and O–H groups in total. The van der Waals surface area contributed by atoms with E-state index >= 15 is 0 Å². The van der Waals surface area contributed by atoms with Crippen LogP contribution in [0.3, 0.4) is 0 Å². The summed E-state index contributed by atoms with van der Waals surface area (Å²) in [5.74, 6) is 0.542. The number of piperazine rings is 2. The molecule has 7 nitrogen and oxygen atoms in total. The lowest BCUT2D eigenvalue weighted by Crippen LogP contribution is -3.15. The zero-order valence-corrected chi connectivity index (χ0v) is 17.9. The second-order valence-corrected chi connectivity index (χ2v) is 8.28. The van der Waals surface area contributed by atoms with E-state index in [0.717, 1.165) is 39.3 Å². The van der Waals surface area contributed by atoms with Crippen molar-refractivity contribution in [2.45, 2.75) is 13.8 Å². The second kappa shape index (κ2) is 8.92. The van der Waals surface area contributed by atoms with E-state index in [2.05, 4.69) is 36.9 Å². The lowest BCUT2D eigenvalue weighted by atomic mass is 10.1. The molecule has 4 rings (SSSR count). The smallest absolute Gasteiger partial charge is 0.289 e. The van der Waals surface area contributed by atoms with Crippen LogP contribution in [0.2, 0.25) is 0 Å². The molecule has 1 aromatic carbocycles. The summed E-state index contributed by atoms with van der Waals surface area (Å²) < 4.78 is 5.21. The van der Waals surface area contributed by atoms with Gasteiger partial charge >= 0.3 is 0 Å². The van der Waals surface area contributed by atoms with Crippen LogP contribution in [0.25, 0.3) is 0 Å². The Morgan fingerprint density at radius 1 is 0.933 bits per heavy atom. The van der Waals surface area contributed by atoms with Crippen molar-refractivity contribution in [3.8, 4) is 0 Å². The van der Waals surface area contributed by atoms with Gasteiger partial charge in [-0.2, -0.15) is 0 Å². The first-order valence-corrected chi connectivity index (χ1v) is 10.8. The van der Waals surface area contributed by atoms with Gasteiger partial charge in [0.1, 0.15) is 0 Å². The van der Waals surface area contributed by atoms with Crippen LogP contribution in [0.5, 0.6) is 0 Å². The summed E-state index contributed by atoms with van der Waals surface area (Å²) in [6.45, 7) is 11.0. The molecule has 0 atom stereocenters. The van der Waals surface area contributed by atoms with Crippen molar-refractivity contribution in [2.24, 2.45) is 0 Å². The number of hydrogen-bond acceptors (Lipinski definition) is 4. The van der Waals surface area contributed by atoms with Crippen LogP contribution in [0.15, 0.2) is 41.0 Å². The zero-order chi connectivity index (χ0) is 21.1. The monoisotopic (exact) mass is 411 g/mol. The van der Waals surface area contributed by atoms with Gasteiger partial charge in [0, 0.05) is 31.9 Å². The molecule has 0 unspecified atom stereocenters. The van der Waals surface area contributed by atoms with Gasteiger partial charge in [0.15, 0.2) is 12.3 Å². The van der Waals surface area contributed by atoms with Crippen molar-refractivity contribution in [3.63, 3.8) is 0 Å². The Bertz CT molecular complexity index is 880. The highest BCUT2D eigenvalue weighted by molar-refractivity contribution is 5.91. The number of nitrogens with one attached hydrogen (secondary N) is 1. The standard InChI is InChI=1S/C23H30N4O3/c1-18-5-3-6-20(19(18)2)25-12-14-26(15-13-25)22(28)17-24-8-10-27(11-9-24)23(29)21-7-4-16-30-21/h3-7,16H,8-15,17H2,1-2H3/p+1. The quantitative estimate of drug-likeness (QED) is 0.800. The average molecular weight is 412 g/mol. The Morgan fingerprint density at radius 2 is 1.67 bits per heavy atom. The molecule has 0 radical (unpaired) electrons. The fraction of sp³-hybridized carbons (Fsp3) is 0.478. The lowest BCUT2D eigenvalue weighted by Gasteiger charge is -2.38. The molecule has 2 aromatic rings. The van der Waals surface area contributed by atoms with Crippen LogP contribution in [0, 0.1) is 13.8 Å². The van der Waals surface area contributed by atoms with Crippen molar-refractivity contribution < 1.29 is 18.9 Å². The summed E-state index contributed by atoms with van der Waals surface area (Å²) in [4.78, 5) is 32.6. The molecule has 0 bridgehead atoms. The number of hydrogen-bond donors (Lipinski definition) is 1. The van der Waals surface area contributed by atoms with Crippen molar-refractivity contribution in [2.75, 3.05) is 63.8 Å². The number of furan rings is 1. The van der Waals surface area contributed by atoms with Crippen LogP contribution in [-0.2, 0) is 4.79 Å². The Balaban J connectivity index is 1.24. The topological polar surface area (TPSA) is 61.4 Å². The van der Waals surface area contributed by atoms with Crippen molar-refractivity contribution in [1.82, 2.24) is 9.80 Å². The van der Waals surface area contributed by atoms with E-state index in [1.54, 1.807) is 12.1 Å². The predicted molar refractivity (Wildman–Crippen MR) is 115 cm³/mol. The maximum atomic E-state index is 12.8. The van der Waals surface area contributed by atoms with E-state index in [0.29, 0.717) is 25.4 Å². The molecule has 3 heterocycles. The average Bonchev–Trinajstić information content (AvgIpc) is 3.31. The van der Waals surface area contributed by atoms with Crippen LogP contribution >= 0.6 is 0 Å². The Hall–Kier alpha value is -2.80. The summed E-state index contributed by atoms with van der Waals surface area (Å²) in [7, 11) is 0. The minimum Gasteiger partial charge on any atom is -0.459 e. The molecular formula is C23H31N4O3+. The Labute approximate surface area is 177 Å². The number of rotatable bonds is 4. The Kier molecular flexibility index (Phi) is 6.08. The number of nitrogens with zero attached hydrogens (tertiary/aromatic N) is 3. The van der Waals surface area contributed by atoms with E-state index < -0.39 is 0 Å². The van der Waals surface area contributed by atoms with E-state index in [9.17, 15) is 9.59 Å². The van der Waals surface area contributed by atoms with Crippen LogP contribution in [0.4, 0.5) is 5.69 Å². The highest BCUT2D eigenvalue weighted by Crippen LogP contribution is 2.23. The minimum absolute atomic E-state index is 0.0621. The summed E-state index contributed by atoms with van der Waals surface area (Å²) in [6.07, 6.45) is 1.52. The van der Waals surface area contributed by atoms with Gasteiger partial charge in [-0.1, -0.05) is 12.1 Å². The van der Waals surface area contributed by atoms with Crippen LogP contribution in [0.1, 0.15) is 21.7 Å². The van der Waals surface area contributed by atoms with E-state index in [-0.39, 0.29) is 11.8 Å². The van der Waals surface area contributed by atoms with Gasteiger partial charge in [-0.15, -0.1) is 0 Å². The first kappa shape index (κ1) is 20.5. The third-order valence-electron chi connectivity index (χ3n) is 6.44.